The van der Waals surface area contributed by atoms with Crippen molar-refractivity contribution in [1.82, 2.24) is 9.88 Å². The Balaban J connectivity index is 1.70. The summed E-state index contributed by atoms with van der Waals surface area (Å²) in [7, 11) is 0. The van der Waals surface area contributed by atoms with Crippen LogP contribution in [0.5, 0.6) is 0 Å². The molecule has 1 aromatic carbocycles. The van der Waals surface area contributed by atoms with E-state index in [0.29, 0.717) is 5.56 Å². The molecule has 2 aromatic rings. The highest BCUT2D eigenvalue weighted by Crippen LogP contribution is 2.32. The van der Waals surface area contributed by atoms with E-state index in [9.17, 15) is 13.2 Å². The van der Waals surface area contributed by atoms with E-state index in [2.05, 4.69) is 9.88 Å². The molecule has 118 valence electrons. The first kappa shape index (κ1) is 15.5. The number of thiazole rings is 1. The predicted octanol–water partition coefficient (Wildman–Crippen LogP) is 3.36. The number of halogens is 3. The van der Waals surface area contributed by atoms with Gasteiger partial charge in [-0.2, -0.15) is 13.2 Å². The van der Waals surface area contributed by atoms with Crippen LogP contribution in [0.25, 0.3) is 10.6 Å². The van der Waals surface area contributed by atoms with Crippen molar-refractivity contribution in [1.29, 1.82) is 0 Å². The van der Waals surface area contributed by atoms with Crippen molar-refractivity contribution in [3.05, 3.63) is 40.9 Å². The first-order chi connectivity index (χ1) is 10.4. The molecule has 0 amide bonds. The quantitative estimate of drug-likeness (QED) is 0.940. The molecular weight excluding hydrogens is 311 g/mol. The van der Waals surface area contributed by atoms with E-state index >= 15 is 0 Å². The van der Waals surface area contributed by atoms with Gasteiger partial charge >= 0.3 is 6.18 Å². The van der Waals surface area contributed by atoms with Gasteiger partial charge in [0.15, 0.2) is 0 Å². The van der Waals surface area contributed by atoms with Gasteiger partial charge in [0.2, 0.25) is 0 Å². The Morgan fingerprint density at radius 1 is 1.27 bits per heavy atom. The molecule has 3 nitrogen and oxygen atoms in total. The van der Waals surface area contributed by atoms with E-state index in [1.54, 1.807) is 0 Å². The molecule has 3 rings (SSSR count). The summed E-state index contributed by atoms with van der Waals surface area (Å²) in [5, 5.41) is 2.70. The number of alkyl halides is 3. The number of hydrogen-bond donors (Lipinski definition) is 1. The first-order valence-electron chi connectivity index (χ1n) is 7.02. The molecule has 1 fully saturated rings. The van der Waals surface area contributed by atoms with Gasteiger partial charge in [-0.25, -0.2) is 4.98 Å². The van der Waals surface area contributed by atoms with Crippen LogP contribution in [0.3, 0.4) is 0 Å². The number of nitrogens with two attached hydrogens (primary N) is 1. The summed E-state index contributed by atoms with van der Waals surface area (Å²) in [4.78, 5) is 6.76. The summed E-state index contributed by atoms with van der Waals surface area (Å²) < 4.78 is 37.7. The molecular formula is C15H16F3N3S. The van der Waals surface area contributed by atoms with E-state index in [4.69, 9.17) is 5.73 Å². The van der Waals surface area contributed by atoms with Crippen molar-refractivity contribution in [3.63, 3.8) is 0 Å². The summed E-state index contributed by atoms with van der Waals surface area (Å²) >= 11 is 1.45. The molecule has 1 saturated heterocycles. The van der Waals surface area contributed by atoms with E-state index < -0.39 is 11.7 Å². The summed E-state index contributed by atoms with van der Waals surface area (Å²) in [5.74, 6) is 0. The molecule has 0 aliphatic carbocycles. The van der Waals surface area contributed by atoms with Crippen molar-refractivity contribution in [3.8, 4) is 10.6 Å². The van der Waals surface area contributed by atoms with Gasteiger partial charge in [0.25, 0.3) is 0 Å². The smallest absolute Gasteiger partial charge is 0.326 e. The van der Waals surface area contributed by atoms with Gasteiger partial charge in [-0.15, -0.1) is 11.3 Å². The lowest BCUT2D eigenvalue weighted by Gasteiger charge is -2.12. The summed E-state index contributed by atoms with van der Waals surface area (Å²) in [6.07, 6.45) is -3.31. The number of aromatic nitrogens is 1. The third kappa shape index (κ3) is 3.48. The van der Waals surface area contributed by atoms with E-state index in [-0.39, 0.29) is 6.04 Å². The van der Waals surface area contributed by atoms with Gasteiger partial charge in [0, 0.05) is 36.6 Å². The van der Waals surface area contributed by atoms with Crippen molar-refractivity contribution >= 4 is 11.3 Å². The summed E-state index contributed by atoms with van der Waals surface area (Å²) in [5.41, 5.74) is 6.88. The minimum atomic E-state index is -4.30. The number of likely N-dealkylation sites (tertiary alicyclic amines) is 1. The molecule has 0 saturated carbocycles. The van der Waals surface area contributed by atoms with Crippen molar-refractivity contribution in [2.75, 3.05) is 13.1 Å². The fourth-order valence-electron chi connectivity index (χ4n) is 2.55. The minimum Gasteiger partial charge on any atom is -0.326 e. The molecule has 7 heteroatoms. The fourth-order valence-corrected chi connectivity index (χ4v) is 3.37. The molecule has 0 bridgehead atoms. The molecule has 1 aromatic heterocycles. The Kier molecular flexibility index (Phi) is 4.20. The van der Waals surface area contributed by atoms with Crippen molar-refractivity contribution in [2.24, 2.45) is 5.73 Å². The molecule has 2 heterocycles. The second-order valence-electron chi connectivity index (χ2n) is 5.50. The molecule has 0 spiro atoms. The Morgan fingerprint density at radius 2 is 2.00 bits per heavy atom. The number of nitrogens with zero attached hydrogens (tertiary/aromatic N) is 2. The highest BCUT2D eigenvalue weighted by atomic mass is 32.1. The molecule has 0 radical (unpaired) electrons. The zero-order valence-corrected chi connectivity index (χ0v) is 12.6. The largest absolute Gasteiger partial charge is 0.416 e. The number of benzene rings is 1. The Morgan fingerprint density at radius 3 is 2.59 bits per heavy atom. The summed E-state index contributed by atoms with van der Waals surface area (Å²) in [6, 6.07) is 5.35. The predicted molar refractivity (Wildman–Crippen MR) is 80.4 cm³/mol. The van der Waals surface area contributed by atoms with Crippen LogP contribution < -0.4 is 5.73 Å². The second-order valence-corrected chi connectivity index (χ2v) is 6.36. The zero-order valence-electron chi connectivity index (χ0n) is 11.8. The molecule has 1 aliphatic rings. The van der Waals surface area contributed by atoms with E-state index in [0.717, 1.165) is 48.9 Å². The van der Waals surface area contributed by atoms with Gasteiger partial charge in [-0.05, 0) is 18.6 Å². The second kappa shape index (κ2) is 5.98. The van der Waals surface area contributed by atoms with Crippen molar-refractivity contribution in [2.45, 2.75) is 25.2 Å². The standard InChI is InChI=1S/C15H16F3N3S/c16-15(17,18)11-3-1-10(2-4-11)14-20-13(9-22-14)8-21-6-5-12(19)7-21/h1-4,9,12H,5-8,19H2. The van der Waals surface area contributed by atoms with Gasteiger partial charge in [0.1, 0.15) is 5.01 Å². The average Bonchev–Trinajstić information content (AvgIpc) is 3.08. The first-order valence-corrected chi connectivity index (χ1v) is 7.90. The molecule has 2 N–H and O–H groups in total. The fraction of sp³-hybridized carbons (Fsp3) is 0.400. The molecule has 22 heavy (non-hydrogen) atoms. The van der Waals surface area contributed by atoms with Gasteiger partial charge < -0.3 is 5.73 Å². The van der Waals surface area contributed by atoms with Crippen LogP contribution >= 0.6 is 11.3 Å². The van der Waals surface area contributed by atoms with Crippen LogP contribution in [-0.4, -0.2) is 29.0 Å². The Bertz CT molecular complexity index is 636. The highest BCUT2D eigenvalue weighted by molar-refractivity contribution is 7.13. The topological polar surface area (TPSA) is 42.1 Å². The number of rotatable bonds is 3. The Labute approximate surface area is 130 Å². The molecule has 1 atom stereocenters. The monoisotopic (exact) mass is 327 g/mol. The maximum Gasteiger partial charge on any atom is 0.416 e. The lowest BCUT2D eigenvalue weighted by molar-refractivity contribution is -0.137. The van der Waals surface area contributed by atoms with Gasteiger partial charge in [0.05, 0.1) is 11.3 Å². The zero-order chi connectivity index (χ0) is 15.7. The number of hydrogen-bond acceptors (Lipinski definition) is 4. The van der Waals surface area contributed by atoms with Gasteiger partial charge in [-0.1, -0.05) is 12.1 Å². The van der Waals surface area contributed by atoms with Crippen LogP contribution in [0.1, 0.15) is 17.7 Å². The Hall–Kier alpha value is -1.44. The van der Waals surface area contributed by atoms with Crippen LogP contribution in [0.2, 0.25) is 0 Å². The van der Waals surface area contributed by atoms with Crippen LogP contribution in [0, 0.1) is 0 Å². The maximum atomic E-state index is 12.6. The normalized spacial score (nSPS) is 19.7. The highest BCUT2D eigenvalue weighted by Gasteiger charge is 2.30. The van der Waals surface area contributed by atoms with Gasteiger partial charge in [-0.3, -0.25) is 4.90 Å². The third-order valence-electron chi connectivity index (χ3n) is 3.71. The van der Waals surface area contributed by atoms with E-state index in [1.165, 1.54) is 23.5 Å². The van der Waals surface area contributed by atoms with Crippen LogP contribution in [0.15, 0.2) is 29.6 Å². The van der Waals surface area contributed by atoms with E-state index in [1.807, 2.05) is 5.38 Å². The SMILES string of the molecule is NC1CCN(Cc2csc(-c3ccc(C(F)(F)F)cc3)n2)C1. The lowest BCUT2D eigenvalue weighted by Crippen LogP contribution is -2.26. The van der Waals surface area contributed by atoms with Crippen molar-refractivity contribution < 1.29 is 13.2 Å². The maximum absolute atomic E-state index is 12.6. The average molecular weight is 327 g/mol. The lowest BCUT2D eigenvalue weighted by atomic mass is 10.1. The molecule has 1 unspecified atom stereocenters. The minimum absolute atomic E-state index is 0.230. The van der Waals surface area contributed by atoms with Crippen LogP contribution in [-0.2, 0) is 12.7 Å². The summed E-state index contributed by atoms with van der Waals surface area (Å²) in [6.45, 7) is 2.58. The van der Waals surface area contributed by atoms with Crippen LogP contribution in [0.4, 0.5) is 13.2 Å². The third-order valence-corrected chi connectivity index (χ3v) is 4.65. The molecule has 1 aliphatic heterocycles.